The van der Waals surface area contributed by atoms with Gasteiger partial charge in [-0.25, -0.2) is 0 Å². The van der Waals surface area contributed by atoms with Crippen LogP contribution in [0, 0.1) is 5.41 Å². The lowest BCUT2D eigenvalue weighted by Gasteiger charge is -2.31. The number of nitrogens with one attached hydrogen (secondary N) is 1. The van der Waals surface area contributed by atoms with Crippen molar-refractivity contribution >= 4 is 5.96 Å². The lowest BCUT2D eigenvalue weighted by Crippen LogP contribution is -2.44. The summed E-state index contributed by atoms with van der Waals surface area (Å²) < 4.78 is 0. The van der Waals surface area contributed by atoms with Gasteiger partial charge in [-0.05, 0) is 24.0 Å². The summed E-state index contributed by atoms with van der Waals surface area (Å²) in [4.78, 5) is 4.37. The second kappa shape index (κ2) is 6.06. The third kappa shape index (κ3) is 2.89. The Balaban J connectivity index is 2.12. The molecule has 1 aliphatic heterocycles. The van der Waals surface area contributed by atoms with E-state index in [1.165, 1.54) is 11.1 Å². The van der Waals surface area contributed by atoms with Crippen LogP contribution in [0.15, 0.2) is 24.3 Å². The summed E-state index contributed by atoms with van der Waals surface area (Å²) in [6, 6.07) is 9.09. The van der Waals surface area contributed by atoms with E-state index >= 15 is 0 Å². The van der Waals surface area contributed by atoms with Crippen LogP contribution in [0.2, 0.25) is 0 Å². The Kier molecular flexibility index (Phi) is 4.43. The topological polar surface area (TPSA) is 56.4 Å². The molecule has 0 fully saturated rings. The summed E-state index contributed by atoms with van der Waals surface area (Å²) in [6.07, 6.45) is 2.10. The van der Waals surface area contributed by atoms with Crippen molar-refractivity contribution in [2.24, 2.45) is 5.73 Å². The van der Waals surface area contributed by atoms with Gasteiger partial charge in [0.1, 0.15) is 0 Å². The Hall–Kier alpha value is -1.55. The van der Waals surface area contributed by atoms with Crippen molar-refractivity contribution < 1.29 is 0 Å². The highest BCUT2D eigenvalue weighted by Crippen LogP contribution is 2.35. The molecule has 1 atom stereocenters. The number of hydrogen-bond donors (Lipinski definition) is 2. The van der Waals surface area contributed by atoms with E-state index in [4.69, 9.17) is 11.1 Å². The number of hydrogen-bond acceptors (Lipinski definition) is 2. The fourth-order valence-electron chi connectivity index (χ4n) is 2.91. The van der Waals surface area contributed by atoms with Gasteiger partial charge in [0.15, 0.2) is 5.96 Å². The monoisotopic (exact) mass is 260 g/mol. The number of guanidine groups is 1. The molecule has 1 unspecified atom stereocenters. The van der Waals surface area contributed by atoms with Gasteiger partial charge in [0.05, 0.1) is 6.67 Å². The summed E-state index contributed by atoms with van der Waals surface area (Å²) in [6.45, 7) is 6.89. The smallest absolute Gasteiger partial charge is 0.189 e. The number of nitrogens with zero attached hydrogens (tertiary/aromatic N) is 2. The van der Waals surface area contributed by atoms with Gasteiger partial charge in [-0.2, -0.15) is 0 Å². The normalized spacial score (nSPS) is 18.3. The van der Waals surface area contributed by atoms with E-state index in [9.17, 15) is 0 Å². The Morgan fingerprint density at radius 2 is 2.16 bits per heavy atom. The van der Waals surface area contributed by atoms with Crippen LogP contribution in [-0.4, -0.2) is 29.0 Å². The fraction of sp³-hybridized carbons (Fsp3) is 0.533. The van der Waals surface area contributed by atoms with Crippen LogP contribution in [0.3, 0.4) is 0 Å². The van der Waals surface area contributed by atoms with E-state index in [0.717, 1.165) is 32.6 Å². The molecule has 1 aromatic rings. The van der Waals surface area contributed by atoms with Crippen molar-refractivity contribution in [1.82, 2.24) is 9.80 Å². The summed E-state index contributed by atoms with van der Waals surface area (Å²) in [7, 11) is 0. The Bertz CT molecular complexity index is 444. The Morgan fingerprint density at radius 3 is 2.79 bits per heavy atom. The molecule has 0 amide bonds. The van der Waals surface area contributed by atoms with Gasteiger partial charge in [0, 0.05) is 19.1 Å². The molecule has 1 heterocycles. The van der Waals surface area contributed by atoms with Gasteiger partial charge >= 0.3 is 0 Å². The highest BCUT2D eigenvalue weighted by molar-refractivity contribution is 5.74. The van der Waals surface area contributed by atoms with Crippen molar-refractivity contribution in [3.8, 4) is 0 Å². The van der Waals surface area contributed by atoms with E-state index < -0.39 is 0 Å². The number of nitrogens with two attached hydrogens (primary N) is 1. The molecule has 3 N–H and O–H groups in total. The maximum Gasteiger partial charge on any atom is 0.189 e. The Morgan fingerprint density at radius 1 is 1.42 bits per heavy atom. The molecule has 1 aromatic carbocycles. The van der Waals surface area contributed by atoms with Gasteiger partial charge in [-0.15, -0.1) is 0 Å². The van der Waals surface area contributed by atoms with Gasteiger partial charge < -0.3 is 10.6 Å². The first-order valence-corrected chi connectivity index (χ1v) is 7.08. The molecule has 0 saturated carbocycles. The van der Waals surface area contributed by atoms with Crippen LogP contribution < -0.4 is 5.73 Å². The lowest BCUT2D eigenvalue weighted by molar-refractivity contribution is 0.139. The minimum atomic E-state index is 0.174. The van der Waals surface area contributed by atoms with Crippen LogP contribution in [0.1, 0.15) is 43.9 Å². The Labute approximate surface area is 115 Å². The molecule has 2 rings (SSSR count). The molecular formula is C15H24N4. The van der Waals surface area contributed by atoms with E-state index in [2.05, 4.69) is 43.0 Å². The van der Waals surface area contributed by atoms with E-state index in [-0.39, 0.29) is 5.96 Å². The molecule has 0 aromatic heterocycles. The average Bonchev–Trinajstić information content (AvgIpc) is 2.75. The number of benzene rings is 1. The number of rotatable bonds is 5. The zero-order chi connectivity index (χ0) is 13.8. The van der Waals surface area contributed by atoms with Gasteiger partial charge in [-0.3, -0.25) is 10.3 Å². The van der Waals surface area contributed by atoms with Crippen LogP contribution in [0.25, 0.3) is 0 Å². The molecule has 104 valence electrons. The maximum absolute atomic E-state index is 7.68. The van der Waals surface area contributed by atoms with Crippen molar-refractivity contribution in [3.63, 3.8) is 0 Å². The van der Waals surface area contributed by atoms with Gasteiger partial charge in [-0.1, -0.05) is 38.1 Å². The third-order valence-corrected chi connectivity index (χ3v) is 3.80. The van der Waals surface area contributed by atoms with Crippen LogP contribution in [0.4, 0.5) is 0 Å². The first-order valence-electron chi connectivity index (χ1n) is 7.08. The quantitative estimate of drug-likeness (QED) is 0.632. The minimum absolute atomic E-state index is 0.174. The fourth-order valence-corrected chi connectivity index (χ4v) is 2.91. The maximum atomic E-state index is 7.68. The van der Waals surface area contributed by atoms with E-state index in [0.29, 0.717) is 6.04 Å². The predicted octanol–water partition coefficient (Wildman–Crippen LogP) is 2.52. The average molecular weight is 260 g/mol. The molecule has 0 saturated heterocycles. The van der Waals surface area contributed by atoms with Crippen molar-refractivity contribution in [1.29, 1.82) is 5.41 Å². The molecule has 0 radical (unpaired) electrons. The van der Waals surface area contributed by atoms with E-state index in [1.54, 1.807) is 0 Å². The summed E-state index contributed by atoms with van der Waals surface area (Å²) in [5, 5.41) is 7.68. The first kappa shape index (κ1) is 13.9. The van der Waals surface area contributed by atoms with Gasteiger partial charge in [0.25, 0.3) is 0 Å². The molecule has 0 bridgehead atoms. The van der Waals surface area contributed by atoms with Gasteiger partial charge in [0.2, 0.25) is 0 Å². The van der Waals surface area contributed by atoms with Crippen molar-refractivity contribution in [2.45, 2.75) is 39.3 Å². The molecule has 19 heavy (non-hydrogen) atoms. The molecule has 4 nitrogen and oxygen atoms in total. The minimum Gasteiger partial charge on any atom is -0.370 e. The molecule has 0 spiro atoms. The molecule has 1 aliphatic rings. The molecule has 0 aliphatic carbocycles. The van der Waals surface area contributed by atoms with Crippen molar-refractivity contribution in [3.05, 3.63) is 35.4 Å². The lowest BCUT2D eigenvalue weighted by atomic mass is 10.0. The molecule has 4 heteroatoms. The highest BCUT2D eigenvalue weighted by Gasteiger charge is 2.29. The summed E-state index contributed by atoms with van der Waals surface area (Å²) in [5.41, 5.74) is 8.52. The standard InChI is InChI=1S/C15H24N4/c1-3-9-18(15(16)17)11-19-10-12-7-5-6-8-13(12)14(19)4-2/h5-8,14H,3-4,9-11H2,1-2H3,(H3,16,17). The van der Waals surface area contributed by atoms with Crippen LogP contribution in [0.5, 0.6) is 0 Å². The largest absolute Gasteiger partial charge is 0.370 e. The summed E-state index contributed by atoms with van der Waals surface area (Å²) in [5.74, 6) is 0.174. The first-order chi connectivity index (χ1) is 9.17. The van der Waals surface area contributed by atoms with Crippen LogP contribution >= 0.6 is 0 Å². The summed E-state index contributed by atoms with van der Waals surface area (Å²) >= 11 is 0. The van der Waals surface area contributed by atoms with Crippen molar-refractivity contribution in [2.75, 3.05) is 13.2 Å². The second-order valence-corrected chi connectivity index (χ2v) is 5.16. The zero-order valence-corrected chi connectivity index (χ0v) is 11.9. The zero-order valence-electron chi connectivity index (χ0n) is 11.9. The number of fused-ring (bicyclic) bond motifs is 1. The highest BCUT2D eigenvalue weighted by atomic mass is 15.4. The van der Waals surface area contributed by atoms with E-state index in [1.807, 2.05) is 4.90 Å². The second-order valence-electron chi connectivity index (χ2n) is 5.16. The predicted molar refractivity (Wildman–Crippen MR) is 78.8 cm³/mol. The molecular weight excluding hydrogens is 236 g/mol. The van der Waals surface area contributed by atoms with Crippen LogP contribution in [-0.2, 0) is 6.54 Å². The SMILES string of the molecule is CCCN(CN1Cc2ccccc2C1CC)C(=N)N. The third-order valence-electron chi connectivity index (χ3n) is 3.80.